The fourth-order valence-corrected chi connectivity index (χ4v) is 8.27. The molecular weight excluding hydrogens is 528 g/mol. The van der Waals surface area contributed by atoms with Crippen LogP contribution >= 0.6 is 23.4 Å². The number of nitriles is 1. The molecule has 3 N–H and O–H groups in total. The Kier molecular flexibility index (Phi) is 11.1. The number of amides is 2. The van der Waals surface area contributed by atoms with E-state index in [2.05, 4.69) is 35.9 Å². The van der Waals surface area contributed by atoms with Gasteiger partial charge in [0.25, 0.3) is 0 Å². The van der Waals surface area contributed by atoms with Crippen LogP contribution in [0, 0.1) is 35.0 Å². The minimum absolute atomic E-state index is 0.0221. The minimum Gasteiger partial charge on any atom is -0.353 e. The second kappa shape index (κ2) is 14.3. The summed E-state index contributed by atoms with van der Waals surface area (Å²) in [5, 5.41) is 21.2. The number of rotatable bonds is 8. The molecule has 39 heavy (non-hydrogen) atoms. The third-order valence-corrected chi connectivity index (χ3v) is 10.9. The fourth-order valence-electron chi connectivity index (χ4n) is 7.11. The van der Waals surface area contributed by atoms with Gasteiger partial charge < -0.3 is 16.0 Å². The molecule has 6 nitrogen and oxygen atoms in total. The van der Waals surface area contributed by atoms with Crippen molar-refractivity contribution < 1.29 is 9.59 Å². The Balaban J connectivity index is 1.44. The molecule has 4 rings (SSSR count). The average molecular weight is 575 g/mol. The normalized spacial score (nSPS) is 30.5. The van der Waals surface area contributed by atoms with Gasteiger partial charge in [0, 0.05) is 34.6 Å². The molecule has 0 saturated heterocycles. The van der Waals surface area contributed by atoms with Gasteiger partial charge in [-0.05, 0) is 88.9 Å². The SMILES string of the molecule is CC1=C(C(=O)NC2CCC(Cl)CC2)C(C2CCCCC2)C(C#N)=C(SCC(=O)NC2CCC(C(C)C)CC2)N1. The van der Waals surface area contributed by atoms with Gasteiger partial charge in [-0.2, -0.15) is 5.26 Å². The third kappa shape index (κ3) is 7.97. The molecule has 0 spiro atoms. The zero-order chi connectivity index (χ0) is 27.9. The molecule has 2 amide bonds. The molecule has 0 aromatic carbocycles. The number of hydrogen-bond donors (Lipinski definition) is 3. The molecule has 1 aliphatic heterocycles. The zero-order valence-corrected chi connectivity index (χ0v) is 25.6. The Bertz CT molecular complexity index is 981. The molecule has 0 bridgehead atoms. The molecule has 0 aromatic heterocycles. The molecule has 8 heteroatoms. The number of alkyl halides is 1. The van der Waals surface area contributed by atoms with E-state index in [1.165, 1.54) is 31.0 Å². The highest BCUT2D eigenvalue weighted by atomic mass is 35.5. The van der Waals surface area contributed by atoms with Crippen molar-refractivity contribution in [2.24, 2.45) is 23.7 Å². The summed E-state index contributed by atoms with van der Waals surface area (Å²) in [6, 6.07) is 2.85. The second-order valence-corrected chi connectivity index (χ2v) is 14.1. The standard InChI is InChI=1S/C31H47ClN4O2S/c1-19(2)21-9-13-24(14-10-21)35-27(37)18-39-31-26(17-33)29(22-7-5-4-6-8-22)28(20(3)34-31)30(38)36-25-15-11-23(32)12-16-25/h19,21-25,29,34H,4-16,18H2,1-3H3,(H,35,37)(H,36,38). The molecule has 3 saturated carbocycles. The Morgan fingerprint density at radius 1 is 0.974 bits per heavy atom. The van der Waals surface area contributed by atoms with E-state index in [1.54, 1.807) is 0 Å². The molecule has 1 atom stereocenters. The number of carbonyl (C=O) groups excluding carboxylic acids is 2. The Morgan fingerprint density at radius 3 is 2.21 bits per heavy atom. The van der Waals surface area contributed by atoms with E-state index in [1.807, 2.05) is 6.92 Å². The van der Waals surface area contributed by atoms with Gasteiger partial charge in [-0.15, -0.1) is 11.6 Å². The van der Waals surface area contributed by atoms with Crippen LogP contribution in [0.25, 0.3) is 0 Å². The lowest BCUT2D eigenvalue weighted by Gasteiger charge is -2.37. The number of dihydropyridines is 1. The van der Waals surface area contributed by atoms with E-state index < -0.39 is 0 Å². The first-order valence-corrected chi connectivity index (χ1v) is 16.7. The fraction of sp³-hybridized carbons (Fsp3) is 0.774. The van der Waals surface area contributed by atoms with Gasteiger partial charge in [0.05, 0.1) is 22.4 Å². The second-order valence-electron chi connectivity index (χ2n) is 12.5. The summed E-state index contributed by atoms with van der Waals surface area (Å²) in [5.41, 5.74) is 2.14. The molecule has 1 heterocycles. The molecule has 3 aliphatic carbocycles. The largest absolute Gasteiger partial charge is 0.353 e. The first kappa shape index (κ1) is 30.3. The van der Waals surface area contributed by atoms with Gasteiger partial charge in [0.2, 0.25) is 11.8 Å². The maximum atomic E-state index is 13.7. The van der Waals surface area contributed by atoms with Crippen molar-refractivity contribution in [1.82, 2.24) is 16.0 Å². The van der Waals surface area contributed by atoms with Gasteiger partial charge in [-0.25, -0.2) is 0 Å². The van der Waals surface area contributed by atoms with E-state index >= 15 is 0 Å². The lowest BCUT2D eigenvalue weighted by Crippen LogP contribution is -2.43. The summed E-state index contributed by atoms with van der Waals surface area (Å²) in [6.45, 7) is 6.52. The smallest absolute Gasteiger partial charge is 0.249 e. The highest BCUT2D eigenvalue weighted by Crippen LogP contribution is 2.43. The highest BCUT2D eigenvalue weighted by molar-refractivity contribution is 8.03. The zero-order valence-electron chi connectivity index (χ0n) is 24.0. The summed E-state index contributed by atoms with van der Waals surface area (Å²) in [5.74, 6) is 1.74. The lowest BCUT2D eigenvalue weighted by molar-refractivity contribution is -0.120. The van der Waals surface area contributed by atoms with E-state index in [9.17, 15) is 14.9 Å². The number of nitrogens with zero attached hydrogens (tertiary/aromatic N) is 1. The number of nitrogens with one attached hydrogen (secondary N) is 3. The Hall–Kier alpha value is -1.65. The van der Waals surface area contributed by atoms with Gasteiger partial charge in [0.1, 0.15) is 0 Å². The molecule has 4 aliphatic rings. The van der Waals surface area contributed by atoms with Crippen molar-refractivity contribution in [2.45, 2.75) is 122 Å². The number of halogens is 1. The summed E-state index contributed by atoms with van der Waals surface area (Å²) in [6.07, 6.45) is 13.6. The van der Waals surface area contributed by atoms with Crippen molar-refractivity contribution in [2.75, 3.05) is 5.75 Å². The van der Waals surface area contributed by atoms with Crippen LogP contribution < -0.4 is 16.0 Å². The lowest BCUT2D eigenvalue weighted by atomic mass is 9.71. The van der Waals surface area contributed by atoms with Crippen molar-refractivity contribution in [1.29, 1.82) is 5.26 Å². The average Bonchev–Trinajstić information content (AvgIpc) is 2.93. The molecule has 0 aromatic rings. The predicted molar refractivity (Wildman–Crippen MR) is 160 cm³/mol. The van der Waals surface area contributed by atoms with E-state index in [-0.39, 0.29) is 46.9 Å². The monoisotopic (exact) mass is 574 g/mol. The summed E-state index contributed by atoms with van der Waals surface area (Å²) < 4.78 is 0. The van der Waals surface area contributed by atoms with Crippen LogP contribution in [0.2, 0.25) is 0 Å². The van der Waals surface area contributed by atoms with Gasteiger partial charge in [-0.1, -0.05) is 44.9 Å². The number of hydrogen-bond acceptors (Lipinski definition) is 5. The molecular formula is C31H47ClN4O2S. The van der Waals surface area contributed by atoms with Crippen LogP contribution in [-0.4, -0.2) is 35.0 Å². The van der Waals surface area contributed by atoms with Crippen molar-refractivity contribution >= 4 is 35.2 Å². The van der Waals surface area contributed by atoms with Gasteiger partial charge in [-0.3, -0.25) is 9.59 Å². The van der Waals surface area contributed by atoms with E-state index in [0.29, 0.717) is 17.1 Å². The number of carbonyl (C=O) groups is 2. The number of thioether (sulfide) groups is 1. The van der Waals surface area contributed by atoms with Gasteiger partial charge >= 0.3 is 0 Å². The van der Waals surface area contributed by atoms with Crippen molar-refractivity contribution in [3.63, 3.8) is 0 Å². The maximum Gasteiger partial charge on any atom is 0.249 e. The number of allylic oxidation sites excluding steroid dienone is 2. The predicted octanol–water partition coefficient (Wildman–Crippen LogP) is 6.53. The molecule has 216 valence electrons. The Labute approximate surface area is 244 Å². The van der Waals surface area contributed by atoms with Crippen LogP contribution in [0.1, 0.15) is 104 Å². The highest BCUT2D eigenvalue weighted by Gasteiger charge is 2.39. The molecule has 3 fully saturated rings. The first-order valence-electron chi connectivity index (χ1n) is 15.3. The Morgan fingerprint density at radius 2 is 1.59 bits per heavy atom. The quantitative estimate of drug-likeness (QED) is 0.287. The molecule has 1 unspecified atom stereocenters. The van der Waals surface area contributed by atoms with Gasteiger partial charge in [0.15, 0.2) is 0 Å². The maximum absolute atomic E-state index is 13.7. The van der Waals surface area contributed by atoms with Crippen LogP contribution in [-0.2, 0) is 9.59 Å². The van der Waals surface area contributed by atoms with E-state index in [4.69, 9.17) is 11.6 Å². The summed E-state index contributed by atoms with van der Waals surface area (Å²) >= 11 is 7.69. The summed E-state index contributed by atoms with van der Waals surface area (Å²) in [4.78, 5) is 26.6. The minimum atomic E-state index is -0.224. The first-order chi connectivity index (χ1) is 18.8. The van der Waals surface area contributed by atoms with Crippen LogP contribution in [0.4, 0.5) is 0 Å². The third-order valence-electron chi connectivity index (χ3n) is 9.48. The van der Waals surface area contributed by atoms with Crippen LogP contribution in [0.5, 0.6) is 0 Å². The van der Waals surface area contributed by atoms with E-state index in [0.717, 1.165) is 80.9 Å². The molecule has 0 radical (unpaired) electrons. The van der Waals surface area contributed by atoms with Crippen LogP contribution in [0.15, 0.2) is 21.9 Å². The summed E-state index contributed by atoms with van der Waals surface area (Å²) in [7, 11) is 0. The topological polar surface area (TPSA) is 94.0 Å². The van der Waals surface area contributed by atoms with Crippen molar-refractivity contribution in [3.8, 4) is 6.07 Å². The van der Waals surface area contributed by atoms with Crippen LogP contribution in [0.3, 0.4) is 0 Å². The van der Waals surface area contributed by atoms with Crippen molar-refractivity contribution in [3.05, 3.63) is 21.9 Å².